The number of aryl methyl sites for hydroxylation is 1. The first-order chi connectivity index (χ1) is 25.3. The molecule has 6 heterocycles. The fourth-order valence-electron chi connectivity index (χ4n) is 7.85. The highest BCUT2D eigenvalue weighted by Crippen LogP contribution is 2.43. The van der Waals surface area contributed by atoms with Crippen molar-refractivity contribution in [2.75, 3.05) is 75.4 Å². The average Bonchev–Trinajstić information content (AvgIpc) is 3.13. The number of hydrogen-bond acceptors (Lipinski definition) is 8. The van der Waals surface area contributed by atoms with Gasteiger partial charge in [-0.2, -0.15) is 4.99 Å². The number of hydrogen-bond donors (Lipinski definition) is 3. The number of aromatic nitrogens is 2. The molecule has 4 aliphatic heterocycles. The summed E-state index contributed by atoms with van der Waals surface area (Å²) in [4.78, 5) is 49.2. The number of piperazine rings is 2. The van der Waals surface area contributed by atoms with Gasteiger partial charge in [0.25, 0.3) is 0 Å². The number of aromatic carboxylic acids is 1. The van der Waals surface area contributed by atoms with Gasteiger partial charge in [-0.05, 0) is 32.9 Å². The molecular formula is C36H39F2N9O6. The summed E-state index contributed by atoms with van der Waals surface area (Å²) < 4.78 is 47.1. The maximum Gasteiger partial charge on any atom is 0.341 e. The minimum absolute atomic E-state index is 0.0184. The van der Waals surface area contributed by atoms with Gasteiger partial charge in [-0.3, -0.25) is 15.0 Å². The molecule has 2 saturated heterocycles. The van der Waals surface area contributed by atoms with Crippen LogP contribution in [0.25, 0.3) is 21.8 Å². The fourth-order valence-corrected chi connectivity index (χ4v) is 7.85. The molecule has 2 aromatic carbocycles. The van der Waals surface area contributed by atoms with Crippen LogP contribution in [-0.4, -0.2) is 108 Å². The van der Waals surface area contributed by atoms with Crippen molar-refractivity contribution in [3.05, 3.63) is 67.7 Å². The minimum atomic E-state index is -1.38. The lowest BCUT2D eigenvalue weighted by molar-refractivity contribution is 0.0694. The maximum absolute atomic E-state index is 15.7. The molecular weight excluding hydrogens is 692 g/mol. The summed E-state index contributed by atoms with van der Waals surface area (Å²) in [6, 6.07) is 2.09. The number of anilines is 2. The normalized spacial score (nSPS) is 20.1. The Hall–Kier alpha value is -5.87. The van der Waals surface area contributed by atoms with Crippen molar-refractivity contribution < 1.29 is 28.2 Å². The van der Waals surface area contributed by atoms with Crippen molar-refractivity contribution in [3.8, 4) is 11.5 Å². The first-order valence-electron chi connectivity index (χ1n) is 17.5. The zero-order valence-corrected chi connectivity index (χ0v) is 29.5. The van der Waals surface area contributed by atoms with Crippen molar-refractivity contribution >= 4 is 51.1 Å². The number of nitrogens with zero attached hydrogens (tertiary/aromatic N) is 7. The third-order valence-electron chi connectivity index (χ3n) is 10.7. The predicted molar refractivity (Wildman–Crippen MR) is 195 cm³/mol. The highest BCUT2D eigenvalue weighted by molar-refractivity contribution is 5.98. The number of halogens is 2. The van der Waals surface area contributed by atoms with Crippen molar-refractivity contribution in [2.24, 2.45) is 10.7 Å². The van der Waals surface area contributed by atoms with E-state index in [0.717, 1.165) is 6.07 Å². The lowest BCUT2D eigenvalue weighted by Crippen LogP contribution is -2.53. The second-order valence-corrected chi connectivity index (χ2v) is 14.1. The van der Waals surface area contributed by atoms with Gasteiger partial charge in [-0.1, -0.05) is 0 Å². The first-order valence-corrected chi connectivity index (χ1v) is 17.5. The predicted octanol–water partition coefficient (Wildman–Crippen LogP) is 2.70. The van der Waals surface area contributed by atoms with Crippen LogP contribution in [0.1, 0.15) is 41.9 Å². The van der Waals surface area contributed by atoms with Crippen LogP contribution >= 0.6 is 0 Å². The molecule has 0 radical (unpaired) electrons. The molecule has 0 amide bonds. The van der Waals surface area contributed by atoms with E-state index < -0.39 is 28.6 Å². The number of aliphatic imine (C=N–C) groups is 1. The Morgan fingerprint density at radius 3 is 1.79 bits per heavy atom. The van der Waals surface area contributed by atoms with Crippen molar-refractivity contribution in [1.29, 1.82) is 5.41 Å². The molecule has 4 N–H and O–H groups in total. The van der Waals surface area contributed by atoms with Crippen molar-refractivity contribution in [2.45, 2.75) is 32.9 Å². The van der Waals surface area contributed by atoms with Crippen LogP contribution in [0.2, 0.25) is 0 Å². The number of rotatable bonds is 3. The Balaban J connectivity index is 0.956. The maximum atomic E-state index is 15.7. The lowest BCUT2D eigenvalue weighted by Gasteiger charge is -2.39. The van der Waals surface area contributed by atoms with E-state index >= 15 is 8.78 Å². The fraction of sp³-hybridized carbons (Fsp3) is 0.417. The zero-order chi connectivity index (χ0) is 37.5. The van der Waals surface area contributed by atoms with Gasteiger partial charge in [0.15, 0.2) is 34.5 Å². The zero-order valence-electron chi connectivity index (χ0n) is 29.5. The molecule has 0 spiro atoms. The Labute approximate surface area is 301 Å². The van der Waals surface area contributed by atoms with E-state index in [0.29, 0.717) is 92.4 Å². The Bertz CT molecular complexity index is 2380. The van der Waals surface area contributed by atoms with Gasteiger partial charge in [0, 0.05) is 70.3 Å². The van der Waals surface area contributed by atoms with E-state index in [1.54, 1.807) is 27.5 Å². The number of carboxylic acid groups (broad SMARTS) is 1. The van der Waals surface area contributed by atoms with E-state index in [9.17, 15) is 19.5 Å². The van der Waals surface area contributed by atoms with E-state index in [1.807, 2.05) is 28.2 Å². The molecule has 0 aliphatic carbocycles. The van der Waals surface area contributed by atoms with Gasteiger partial charge in [0.2, 0.25) is 11.4 Å². The molecule has 2 unspecified atom stereocenters. The third kappa shape index (κ3) is 5.47. The first kappa shape index (κ1) is 34.2. The van der Waals surface area contributed by atoms with E-state index in [2.05, 4.69) is 4.99 Å². The summed E-state index contributed by atoms with van der Waals surface area (Å²) in [5, 5.41) is 18.5. The number of benzene rings is 2. The quantitative estimate of drug-likeness (QED) is 0.209. The highest BCUT2D eigenvalue weighted by atomic mass is 19.1. The topological polar surface area (TPSA) is 175 Å². The summed E-state index contributed by atoms with van der Waals surface area (Å²) in [7, 11) is 0. The van der Waals surface area contributed by atoms with Crippen molar-refractivity contribution in [1.82, 2.24) is 18.9 Å². The van der Waals surface area contributed by atoms with Gasteiger partial charge in [-0.15, -0.1) is 0 Å². The molecule has 17 heteroatoms. The number of carbonyl (C=O) groups is 1. The van der Waals surface area contributed by atoms with Crippen LogP contribution < -0.4 is 35.9 Å². The molecule has 4 aliphatic rings. The molecule has 2 atom stereocenters. The van der Waals surface area contributed by atoms with E-state index in [-0.39, 0.29) is 52.9 Å². The van der Waals surface area contributed by atoms with Crippen LogP contribution in [0.5, 0.6) is 11.5 Å². The van der Waals surface area contributed by atoms with Crippen LogP contribution in [0.15, 0.2) is 39.1 Å². The number of nitrogens with one attached hydrogen (secondary N) is 1. The Morgan fingerprint density at radius 2 is 1.28 bits per heavy atom. The Morgan fingerprint density at radius 1 is 0.811 bits per heavy atom. The SMILES string of the molecule is Cc1cn2c3c(c(N4CCN(/C(N)=N/C(=N)N5CCN(c6c(F)cc7c(=O)c(C(=O)O)cn8c7c6OCC8C)CC5)CC4)c(F)cc3c1=O)OCC2C. The van der Waals surface area contributed by atoms with Gasteiger partial charge >= 0.3 is 5.97 Å². The van der Waals surface area contributed by atoms with Gasteiger partial charge in [-0.25, -0.2) is 13.6 Å². The van der Waals surface area contributed by atoms with Gasteiger partial charge in [0.1, 0.15) is 30.2 Å². The third-order valence-corrected chi connectivity index (χ3v) is 10.7. The standard InChI is InChI=1S/C36H39F2N9O6/c1-18-14-46-19(2)16-52-32-26(46)21(30(18)48)12-24(37)28(32)42-4-8-44(9-5-42)35(39)41-36(40)45-10-6-43(7-11-45)29-25(38)13-22-27-33(29)53-17-20(3)47(27)15-23(31(22)49)34(50)51/h12-15,19-20H,4-11,16-17H2,1-3H3,(H,50,51)(H3,39,40,41). The molecule has 278 valence electrons. The summed E-state index contributed by atoms with van der Waals surface area (Å²) in [5.41, 5.74) is 6.94. The van der Waals surface area contributed by atoms with Gasteiger partial charge in [0.05, 0.1) is 33.9 Å². The van der Waals surface area contributed by atoms with Crippen LogP contribution in [0.4, 0.5) is 20.2 Å². The molecule has 4 aromatic rings. The molecule has 2 fully saturated rings. The molecule has 0 saturated carbocycles. The molecule has 53 heavy (non-hydrogen) atoms. The average molecular weight is 732 g/mol. The molecule has 2 aromatic heterocycles. The highest BCUT2D eigenvalue weighted by Gasteiger charge is 2.33. The summed E-state index contributed by atoms with van der Waals surface area (Å²) in [6.45, 7) is 8.97. The number of nitrogens with two attached hydrogens (primary N) is 1. The van der Waals surface area contributed by atoms with Gasteiger partial charge < -0.3 is 49.0 Å². The number of carboxylic acids is 1. The summed E-state index contributed by atoms with van der Waals surface area (Å²) >= 11 is 0. The minimum Gasteiger partial charge on any atom is -0.487 e. The summed E-state index contributed by atoms with van der Waals surface area (Å²) in [6.07, 6.45) is 3.09. The largest absolute Gasteiger partial charge is 0.487 e. The summed E-state index contributed by atoms with van der Waals surface area (Å²) in [5.74, 6) is -1.95. The van der Waals surface area contributed by atoms with Crippen LogP contribution in [0, 0.1) is 24.0 Å². The van der Waals surface area contributed by atoms with E-state index in [1.165, 1.54) is 12.3 Å². The van der Waals surface area contributed by atoms with E-state index in [4.69, 9.17) is 20.6 Å². The van der Waals surface area contributed by atoms with Crippen LogP contribution in [0.3, 0.4) is 0 Å². The molecule has 0 bridgehead atoms. The smallest absolute Gasteiger partial charge is 0.341 e. The van der Waals surface area contributed by atoms with Crippen molar-refractivity contribution in [3.63, 3.8) is 0 Å². The lowest BCUT2D eigenvalue weighted by atomic mass is 10.1. The number of ether oxygens (including phenoxy) is 2. The number of pyridine rings is 2. The molecule has 8 rings (SSSR count). The van der Waals surface area contributed by atoms with Crippen LogP contribution in [-0.2, 0) is 0 Å². The molecule has 15 nitrogen and oxygen atoms in total. The second-order valence-electron chi connectivity index (χ2n) is 14.1. The number of guanidine groups is 2. The second kappa shape index (κ2) is 12.7. The monoisotopic (exact) mass is 731 g/mol. The Kier molecular flexibility index (Phi) is 8.18.